The van der Waals surface area contributed by atoms with Crippen LogP contribution in [0.25, 0.3) is 0 Å². The molecule has 0 saturated carbocycles. The van der Waals surface area contributed by atoms with Crippen LogP contribution in [0.3, 0.4) is 0 Å². The van der Waals surface area contributed by atoms with Gasteiger partial charge < -0.3 is 5.32 Å². The van der Waals surface area contributed by atoms with E-state index < -0.39 is 11.9 Å². The van der Waals surface area contributed by atoms with E-state index in [2.05, 4.69) is 5.32 Å². The molecule has 1 N–H and O–H groups in total. The molecule has 1 atom stereocenters. The average molecular weight is 261 g/mol. The van der Waals surface area contributed by atoms with Crippen molar-refractivity contribution in [1.82, 2.24) is 0 Å². The average Bonchev–Trinajstić information content (AvgIpc) is 2.39. The molecule has 2 aromatic rings. The number of hydrogen-bond donors (Lipinski definition) is 1. The molecule has 2 rings (SSSR count). The summed E-state index contributed by atoms with van der Waals surface area (Å²) in [5.41, 5.74) is 0.911. The number of hydrogen-bond acceptors (Lipinski definition) is 2. The van der Waals surface area contributed by atoms with Crippen molar-refractivity contribution >= 4 is 17.3 Å². The van der Waals surface area contributed by atoms with Crippen LogP contribution in [0.15, 0.2) is 48.5 Å². The highest BCUT2D eigenvalue weighted by atomic mass is 35.5. The third-order valence-corrected chi connectivity index (χ3v) is 2.85. The minimum atomic E-state index is -0.772. The lowest BCUT2D eigenvalue weighted by Gasteiger charge is -2.14. The summed E-state index contributed by atoms with van der Waals surface area (Å²) in [6, 6.07) is 14.5. The van der Waals surface area contributed by atoms with Gasteiger partial charge in [0.05, 0.1) is 16.8 Å². The maximum atomic E-state index is 13.6. The molecule has 4 heteroatoms. The number of nitrogens with one attached hydrogen (secondary N) is 1. The SMILES string of the molecule is N#CC(Nc1ccccc1Cl)c1ccccc1F. The second kappa shape index (κ2) is 5.52. The van der Waals surface area contributed by atoms with Gasteiger partial charge >= 0.3 is 0 Å². The van der Waals surface area contributed by atoms with Crippen LogP contribution in [0.5, 0.6) is 0 Å². The molecule has 2 aromatic carbocycles. The van der Waals surface area contributed by atoms with Crippen LogP contribution < -0.4 is 5.32 Å². The lowest BCUT2D eigenvalue weighted by molar-refractivity contribution is 0.607. The second-order valence-corrected chi connectivity index (χ2v) is 4.12. The normalized spacial score (nSPS) is 11.6. The van der Waals surface area contributed by atoms with Gasteiger partial charge in [-0.25, -0.2) is 4.39 Å². The number of rotatable bonds is 3. The summed E-state index contributed by atoms with van der Waals surface area (Å²) < 4.78 is 13.6. The lowest BCUT2D eigenvalue weighted by Crippen LogP contribution is -2.10. The predicted octanol–water partition coefficient (Wildman–Crippen LogP) is 4.16. The summed E-state index contributed by atoms with van der Waals surface area (Å²) in [6.45, 7) is 0. The van der Waals surface area contributed by atoms with Crippen LogP contribution >= 0.6 is 11.6 Å². The van der Waals surface area contributed by atoms with Crippen molar-refractivity contribution in [3.63, 3.8) is 0 Å². The van der Waals surface area contributed by atoms with E-state index in [4.69, 9.17) is 16.9 Å². The zero-order chi connectivity index (χ0) is 13.0. The first-order valence-electron chi connectivity index (χ1n) is 5.37. The molecule has 0 aromatic heterocycles. The maximum absolute atomic E-state index is 13.6. The fourth-order valence-corrected chi connectivity index (χ4v) is 1.81. The van der Waals surface area contributed by atoms with E-state index in [1.807, 2.05) is 6.07 Å². The number of nitriles is 1. The van der Waals surface area contributed by atoms with Gasteiger partial charge in [-0.3, -0.25) is 0 Å². The Bertz CT molecular complexity index is 592. The van der Waals surface area contributed by atoms with E-state index in [9.17, 15) is 4.39 Å². The maximum Gasteiger partial charge on any atom is 0.143 e. The zero-order valence-electron chi connectivity index (χ0n) is 9.40. The molecular formula is C14H10ClFN2. The summed E-state index contributed by atoms with van der Waals surface area (Å²) in [4.78, 5) is 0. The van der Waals surface area contributed by atoms with Crippen LogP contribution in [0.4, 0.5) is 10.1 Å². The Balaban J connectivity index is 2.30. The van der Waals surface area contributed by atoms with Gasteiger partial charge in [-0.05, 0) is 18.2 Å². The van der Waals surface area contributed by atoms with Gasteiger partial charge in [0.25, 0.3) is 0 Å². The highest BCUT2D eigenvalue weighted by Gasteiger charge is 2.15. The molecule has 0 spiro atoms. The zero-order valence-corrected chi connectivity index (χ0v) is 10.2. The summed E-state index contributed by atoms with van der Waals surface area (Å²) in [5.74, 6) is -0.413. The van der Waals surface area contributed by atoms with Gasteiger partial charge in [0.2, 0.25) is 0 Å². The van der Waals surface area contributed by atoms with Crippen molar-refractivity contribution in [2.45, 2.75) is 6.04 Å². The van der Waals surface area contributed by atoms with Crippen molar-refractivity contribution < 1.29 is 4.39 Å². The summed E-state index contributed by atoms with van der Waals surface area (Å²) in [7, 11) is 0. The number of halogens is 2. The van der Waals surface area contributed by atoms with E-state index in [0.29, 0.717) is 16.3 Å². The molecule has 0 aliphatic carbocycles. The molecular weight excluding hydrogens is 251 g/mol. The summed E-state index contributed by atoms with van der Waals surface area (Å²) in [6.07, 6.45) is 0. The van der Waals surface area contributed by atoms with E-state index in [-0.39, 0.29) is 0 Å². The topological polar surface area (TPSA) is 35.8 Å². The molecule has 0 saturated heterocycles. The molecule has 1 unspecified atom stereocenters. The fourth-order valence-electron chi connectivity index (χ4n) is 1.62. The van der Waals surface area contributed by atoms with Gasteiger partial charge in [0.15, 0.2) is 0 Å². The van der Waals surface area contributed by atoms with Crippen LogP contribution in [0.2, 0.25) is 5.02 Å². The van der Waals surface area contributed by atoms with Gasteiger partial charge in [0, 0.05) is 5.56 Å². The number of nitrogens with zero attached hydrogens (tertiary/aromatic N) is 1. The Labute approximate surface area is 110 Å². The predicted molar refractivity (Wildman–Crippen MR) is 69.8 cm³/mol. The third-order valence-electron chi connectivity index (χ3n) is 2.52. The van der Waals surface area contributed by atoms with Crippen molar-refractivity contribution in [2.75, 3.05) is 5.32 Å². The number of benzene rings is 2. The molecule has 2 nitrogen and oxygen atoms in total. The Morgan fingerprint density at radius 3 is 2.44 bits per heavy atom. The van der Waals surface area contributed by atoms with Crippen molar-refractivity contribution in [3.05, 3.63) is 64.9 Å². The Morgan fingerprint density at radius 1 is 1.11 bits per heavy atom. The van der Waals surface area contributed by atoms with Crippen LogP contribution in [0, 0.1) is 17.1 Å². The smallest absolute Gasteiger partial charge is 0.143 e. The molecule has 0 aliphatic rings. The molecule has 0 radical (unpaired) electrons. The molecule has 0 amide bonds. The molecule has 0 bridgehead atoms. The minimum absolute atomic E-state index is 0.305. The highest BCUT2D eigenvalue weighted by molar-refractivity contribution is 6.33. The Morgan fingerprint density at radius 2 is 1.78 bits per heavy atom. The monoisotopic (exact) mass is 260 g/mol. The van der Waals surface area contributed by atoms with Crippen molar-refractivity contribution in [1.29, 1.82) is 5.26 Å². The van der Waals surface area contributed by atoms with Crippen LogP contribution in [0.1, 0.15) is 11.6 Å². The van der Waals surface area contributed by atoms with Gasteiger partial charge in [-0.2, -0.15) is 5.26 Å². The van der Waals surface area contributed by atoms with E-state index in [0.717, 1.165) is 0 Å². The van der Waals surface area contributed by atoms with Crippen molar-refractivity contribution in [3.8, 4) is 6.07 Å². The quantitative estimate of drug-likeness (QED) is 0.900. The number of anilines is 1. The first-order valence-corrected chi connectivity index (χ1v) is 5.75. The fraction of sp³-hybridized carbons (Fsp3) is 0.0714. The molecule has 90 valence electrons. The van der Waals surface area contributed by atoms with E-state index >= 15 is 0 Å². The highest BCUT2D eigenvalue weighted by Crippen LogP contribution is 2.26. The Kier molecular flexibility index (Phi) is 3.81. The minimum Gasteiger partial charge on any atom is -0.365 e. The molecule has 0 heterocycles. The van der Waals surface area contributed by atoms with Crippen LogP contribution in [-0.2, 0) is 0 Å². The third kappa shape index (κ3) is 2.61. The van der Waals surface area contributed by atoms with Crippen molar-refractivity contribution in [2.24, 2.45) is 0 Å². The summed E-state index contributed by atoms with van der Waals surface area (Å²) >= 11 is 5.99. The lowest BCUT2D eigenvalue weighted by atomic mass is 10.1. The van der Waals surface area contributed by atoms with E-state index in [1.165, 1.54) is 6.07 Å². The molecule has 0 fully saturated rings. The molecule has 0 aliphatic heterocycles. The first kappa shape index (κ1) is 12.4. The number of para-hydroxylation sites is 1. The summed E-state index contributed by atoms with van der Waals surface area (Å²) in [5, 5.41) is 12.5. The van der Waals surface area contributed by atoms with Gasteiger partial charge in [-0.1, -0.05) is 41.9 Å². The first-order chi connectivity index (χ1) is 8.72. The standard InChI is InChI=1S/C14H10ClFN2/c15-11-6-2-4-8-13(11)18-14(9-17)10-5-1-3-7-12(10)16/h1-8,14,18H. The molecule has 18 heavy (non-hydrogen) atoms. The van der Waals surface area contributed by atoms with Gasteiger partial charge in [-0.15, -0.1) is 0 Å². The van der Waals surface area contributed by atoms with Crippen LogP contribution in [-0.4, -0.2) is 0 Å². The second-order valence-electron chi connectivity index (χ2n) is 3.71. The largest absolute Gasteiger partial charge is 0.365 e. The Hall–Kier alpha value is -2.05. The van der Waals surface area contributed by atoms with Gasteiger partial charge in [0.1, 0.15) is 11.9 Å². The van der Waals surface area contributed by atoms with E-state index in [1.54, 1.807) is 42.5 Å².